The zero-order valence-electron chi connectivity index (χ0n) is 17.7. The van der Waals surface area contributed by atoms with Gasteiger partial charge in [0.1, 0.15) is 5.71 Å². The van der Waals surface area contributed by atoms with Crippen LogP contribution in [-0.2, 0) is 22.6 Å². The second-order valence-corrected chi connectivity index (χ2v) is 7.34. The largest absolute Gasteiger partial charge is 0.481 e. The van der Waals surface area contributed by atoms with Crippen molar-refractivity contribution in [1.29, 1.82) is 0 Å². The van der Waals surface area contributed by atoms with Crippen molar-refractivity contribution in [3.8, 4) is 0 Å². The normalized spacial score (nSPS) is 11.8. The molecule has 0 saturated heterocycles. The van der Waals surface area contributed by atoms with Gasteiger partial charge in [-0.05, 0) is 35.7 Å². The molecular weight excluding hydrogens is 433 g/mol. The molecule has 0 bridgehead atoms. The molecule has 0 aromatic heterocycles. The predicted molar refractivity (Wildman–Crippen MR) is 120 cm³/mol. The third-order valence-electron chi connectivity index (χ3n) is 4.71. The molecule has 0 atom stereocenters. The number of hydrogen-bond donors (Lipinski definition) is 2. The summed E-state index contributed by atoms with van der Waals surface area (Å²) in [6.45, 7) is -0.985. The summed E-state index contributed by atoms with van der Waals surface area (Å²) in [4.78, 5) is 15.3. The number of carbonyl (C=O) groups is 1. The van der Waals surface area contributed by atoms with Crippen LogP contribution in [0.15, 0.2) is 84.0 Å². The Hall–Kier alpha value is -3.81. The number of carboxylic acid groups (broad SMARTS) is 1. The molecule has 8 heteroatoms. The van der Waals surface area contributed by atoms with Crippen molar-refractivity contribution in [2.75, 3.05) is 11.9 Å². The molecule has 172 valence electrons. The van der Waals surface area contributed by atoms with E-state index in [0.29, 0.717) is 29.8 Å². The molecule has 0 fully saturated rings. The molecule has 3 aromatic rings. The molecule has 0 aliphatic rings. The van der Waals surface area contributed by atoms with E-state index in [0.717, 1.165) is 16.8 Å². The van der Waals surface area contributed by atoms with Crippen molar-refractivity contribution in [1.82, 2.24) is 0 Å². The number of rotatable bonds is 10. The highest BCUT2D eigenvalue weighted by Gasteiger charge is 2.28. The Bertz CT molecular complexity index is 1080. The number of nitrogens with zero attached hydrogens (tertiary/aromatic N) is 1. The van der Waals surface area contributed by atoms with Gasteiger partial charge in [0.25, 0.3) is 0 Å². The standard InChI is InChI=1S/C25H23F3N2O3/c26-25(27,28)17-33-30-24(20-6-2-1-3-7-20)21-8-4-5-19(15-21)16-29-22-12-9-18(10-13-22)11-14-23(31)32/h1-10,12-13,15,29H,11,14,16-17H2,(H,31,32). The van der Waals surface area contributed by atoms with Crippen molar-refractivity contribution >= 4 is 17.4 Å². The molecular formula is C25H23F3N2O3. The molecule has 3 rings (SSSR count). The monoisotopic (exact) mass is 456 g/mol. The van der Waals surface area contributed by atoms with Crippen molar-refractivity contribution in [2.24, 2.45) is 5.16 Å². The molecule has 3 aromatic carbocycles. The first kappa shape index (κ1) is 23.8. The molecule has 0 aliphatic heterocycles. The lowest BCUT2D eigenvalue weighted by atomic mass is 10.0. The van der Waals surface area contributed by atoms with Gasteiger partial charge in [0.2, 0.25) is 6.61 Å². The highest BCUT2D eigenvalue weighted by molar-refractivity contribution is 6.12. The van der Waals surface area contributed by atoms with Crippen LogP contribution < -0.4 is 5.32 Å². The smallest absolute Gasteiger partial charge is 0.425 e. The fourth-order valence-electron chi connectivity index (χ4n) is 3.11. The molecule has 33 heavy (non-hydrogen) atoms. The fourth-order valence-corrected chi connectivity index (χ4v) is 3.11. The number of hydrogen-bond acceptors (Lipinski definition) is 4. The summed E-state index contributed by atoms with van der Waals surface area (Å²) in [6, 6.07) is 23.7. The van der Waals surface area contributed by atoms with Gasteiger partial charge in [-0.3, -0.25) is 4.79 Å². The Labute approximate surface area is 189 Å². The zero-order valence-corrected chi connectivity index (χ0v) is 17.7. The zero-order chi connectivity index (χ0) is 23.7. The lowest BCUT2D eigenvalue weighted by Gasteiger charge is -2.11. The van der Waals surface area contributed by atoms with Crippen molar-refractivity contribution in [3.05, 3.63) is 101 Å². The van der Waals surface area contributed by atoms with E-state index in [9.17, 15) is 18.0 Å². The maximum atomic E-state index is 12.5. The van der Waals surface area contributed by atoms with Crippen LogP contribution in [0.4, 0.5) is 18.9 Å². The summed E-state index contributed by atoms with van der Waals surface area (Å²) in [6.07, 6.45) is -3.92. The van der Waals surface area contributed by atoms with Gasteiger partial charge in [0.05, 0.1) is 0 Å². The van der Waals surface area contributed by atoms with Crippen molar-refractivity contribution in [2.45, 2.75) is 25.6 Å². The Morgan fingerprint density at radius 1 is 0.909 bits per heavy atom. The molecule has 0 radical (unpaired) electrons. The summed E-state index contributed by atoms with van der Waals surface area (Å²) < 4.78 is 37.5. The van der Waals surface area contributed by atoms with Crippen LogP contribution in [0.1, 0.15) is 28.7 Å². The minimum atomic E-state index is -4.47. The molecule has 0 amide bonds. The van der Waals surface area contributed by atoms with Gasteiger partial charge in [0, 0.05) is 29.8 Å². The van der Waals surface area contributed by atoms with Crippen LogP contribution in [0.2, 0.25) is 0 Å². The quantitative estimate of drug-likeness (QED) is 0.306. The topological polar surface area (TPSA) is 70.9 Å². The molecule has 0 heterocycles. The lowest BCUT2D eigenvalue weighted by molar-refractivity contribution is -0.173. The van der Waals surface area contributed by atoms with Crippen molar-refractivity contribution < 1.29 is 27.9 Å². The SMILES string of the molecule is O=C(O)CCc1ccc(NCc2cccc(C(=NOCC(F)(F)F)c3ccccc3)c2)cc1. The van der Waals surface area contributed by atoms with Gasteiger partial charge in [-0.1, -0.05) is 65.8 Å². The van der Waals surface area contributed by atoms with E-state index in [1.54, 1.807) is 30.3 Å². The van der Waals surface area contributed by atoms with E-state index in [-0.39, 0.29) is 6.42 Å². The van der Waals surface area contributed by atoms with Crippen LogP contribution in [0.3, 0.4) is 0 Å². The Balaban J connectivity index is 1.72. The number of benzene rings is 3. The minimum Gasteiger partial charge on any atom is -0.481 e. The van der Waals surface area contributed by atoms with Crippen LogP contribution in [0.25, 0.3) is 0 Å². The first-order valence-corrected chi connectivity index (χ1v) is 10.3. The summed E-state index contributed by atoms with van der Waals surface area (Å²) >= 11 is 0. The van der Waals surface area contributed by atoms with E-state index >= 15 is 0 Å². The second kappa shape index (κ2) is 11.2. The first-order valence-electron chi connectivity index (χ1n) is 10.3. The summed E-state index contributed by atoms with van der Waals surface area (Å²) in [5, 5.41) is 15.8. The number of nitrogens with one attached hydrogen (secondary N) is 1. The third kappa shape index (κ3) is 7.99. The Morgan fingerprint density at radius 2 is 1.61 bits per heavy atom. The van der Waals surface area contributed by atoms with E-state index in [4.69, 9.17) is 5.11 Å². The van der Waals surface area contributed by atoms with Crippen LogP contribution in [0, 0.1) is 0 Å². The summed E-state index contributed by atoms with van der Waals surface area (Å²) in [7, 11) is 0. The lowest BCUT2D eigenvalue weighted by Crippen LogP contribution is -2.16. The van der Waals surface area contributed by atoms with E-state index < -0.39 is 18.8 Å². The number of halogens is 3. The predicted octanol–water partition coefficient (Wildman–Crippen LogP) is 5.65. The van der Waals surface area contributed by atoms with Gasteiger partial charge in [0.15, 0.2) is 0 Å². The summed E-state index contributed by atoms with van der Waals surface area (Å²) in [5.74, 6) is -0.834. The maximum absolute atomic E-state index is 12.5. The first-order chi connectivity index (χ1) is 15.8. The number of alkyl halides is 3. The molecule has 0 aliphatic carbocycles. The van der Waals surface area contributed by atoms with Crippen LogP contribution in [-0.4, -0.2) is 29.6 Å². The van der Waals surface area contributed by atoms with Gasteiger partial charge >= 0.3 is 12.1 Å². The van der Waals surface area contributed by atoms with E-state index in [1.165, 1.54) is 0 Å². The van der Waals surface area contributed by atoms with E-state index in [1.807, 2.05) is 48.5 Å². The number of carboxylic acids is 1. The molecule has 0 spiro atoms. The number of anilines is 1. The molecule has 5 nitrogen and oxygen atoms in total. The minimum absolute atomic E-state index is 0.0809. The second-order valence-electron chi connectivity index (χ2n) is 7.34. The maximum Gasteiger partial charge on any atom is 0.425 e. The Kier molecular flexibility index (Phi) is 8.07. The highest BCUT2D eigenvalue weighted by atomic mass is 19.4. The molecule has 0 unspecified atom stereocenters. The average molecular weight is 456 g/mol. The molecule has 0 saturated carbocycles. The highest BCUT2D eigenvalue weighted by Crippen LogP contribution is 2.18. The number of aryl methyl sites for hydroxylation is 1. The van der Waals surface area contributed by atoms with E-state index in [2.05, 4.69) is 15.3 Å². The summed E-state index contributed by atoms with van der Waals surface area (Å²) in [5.41, 5.74) is 4.29. The van der Waals surface area contributed by atoms with Gasteiger partial charge < -0.3 is 15.3 Å². The van der Waals surface area contributed by atoms with Crippen molar-refractivity contribution in [3.63, 3.8) is 0 Å². The van der Waals surface area contributed by atoms with Crippen LogP contribution in [0.5, 0.6) is 0 Å². The third-order valence-corrected chi connectivity index (χ3v) is 4.71. The fraction of sp³-hybridized carbons (Fsp3) is 0.200. The Morgan fingerprint density at radius 3 is 2.27 bits per heavy atom. The van der Waals surface area contributed by atoms with Gasteiger partial charge in [-0.25, -0.2) is 0 Å². The van der Waals surface area contributed by atoms with Gasteiger partial charge in [-0.2, -0.15) is 13.2 Å². The van der Waals surface area contributed by atoms with Crippen LogP contribution >= 0.6 is 0 Å². The molecule has 2 N–H and O–H groups in total. The van der Waals surface area contributed by atoms with Gasteiger partial charge in [-0.15, -0.1) is 0 Å². The average Bonchev–Trinajstić information content (AvgIpc) is 2.80. The number of oxime groups is 1. The number of aliphatic carboxylic acids is 1.